The summed E-state index contributed by atoms with van der Waals surface area (Å²) in [6.07, 6.45) is 1.89. The lowest BCUT2D eigenvalue weighted by molar-refractivity contribution is 0.0897. The molecular weight excluding hydrogens is 593 g/mol. The van der Waals surface area contributed by atoms with E-state index in [2.05, 4.69) is 15.4 Å². The minimum absolute atomic E-state index is 0.0996. The zero-order chi connectivity index (χ0) is 29.4. The van der Waals surface area contributed by atoms with Crippen LogP contribution in [0.1, 0.15) is 34.9 Å². The molecule has 0 unspecified atom stereocenters. The molecule has 4 aromatic heterocycles. The van der Waals surface area contributed by atoms with Crippen LogP contribution in [0.15, 0.2) is 48.0 Å². The Balaban J connectivity index is 1.17. The van der Waals surface area contributed by atoms with Crippen molar-refractivity contribution in [2.24, 2.45) is 5.92 Å². The van der Waals surface area contributed by atoms with Crippen molar-refractivity contribution in [2.45, 2.75) is 33.4 Å². The van der Waals surface area contributed by atoms with Crippen molar-refractivity contribution in [1.82, 2.24) is 29.9 Å². The van der Waals surface area contributed by atoms with E-state index in [1.807, 2.05) is 56.6 Å². The van der Waals surface area contributed by atoms with E-state index in [9.17, 15) is 9.90 Å². The molecule has 6 aromatic rings. The van der Waals surface area contributed by atoms with Gasteiger partial charge in [0.1, 0.15) is 38.8 Å². The molecule has 0 spiro atoms. The Hall–Kier alpha value is -3.91. The molecule has 2 aromatic carbocycles. The summed E-state index contributed by atoms with van der Waals surface area (Å²) in [6, 6.07) is 10.8. The van der Waals surface area contributed by atoms with Crippen LogP contribution in [0, 0.1) is 12.8 Å². The molecule has 0 aliphatic carbocycles. The Morgan fingerprint density at radius 1 is 1.10 bits per heavy atom. The van der Waals surface area contributed by atoms with Crippen LogP contribution in [-0.4, -0.2) is 55.3 Å². The molecule has 0 aliphatic heterocycles. The van der Waals surface area contributed by atoms with Crippen LogP contribution < -0.4 is 14.8 Å². The zero-order valence-corrected chi connectivity index (χ0v) is 25.8. The van der Waals surface area contributed by atoms with E-state index >= 15 is 0 Å². The van der Waals surface area contributed by atoms with Gasteiger partial charge in [-0.3, -0.25) is 4.79 Å². The monoisotopic (exact) mass is 620 g/mol. The number of amides is 1. The third-order valence-corrected chi connectivity index (χ3v) is 9.55. The summed E-state index contributed by atoms with van der Waals surface area (Å²) in [7, 11) is 1.62. The first-order valence-electron chi connectivity index (χ1n) is 13.2. The number of nitrogens with zero attached hydrogens (tertiary/aromatic N) is 5. The summed E-state index contributed by atoms with van der Waals surface area (Å²) < 4.78 is 14.4. The number of imidazole rings is 1. The van der Waals surface area contributed by atoms with Crippen molar-refractivity contribution in [1.29, 1.82) is 0 Å². The maximum Gasteiger partial charge on any atom is 0.251 e. The number of aliphatic hydroxyl groups is 1. The Labute approximate surface area is 253 Å². The lowest BCUT2D eigenvalue weighted by Crippen LogP contribution is -2.41. The molecule has 13 heteroatoms. The smallest absolute Gasteiger partial charge is 0.251 e. The van der Waals surface area contributed by atoms with Gasteiger partial charge in [0.25, 0.3) is 5.91 Å². The molecule has 216 valence electrons. The topological polar surface area (TPSA) is 124 Å². The van der Waals surface area contributed by atoms with E-state index in [4.69, 9.17) is 19.4 Å². The van der Waals surface area contributed by atoms with Crippen LogP contribution in [0.5, 0.6) is 11.5 Å². The largest absolute Gasteiger partial charge is 0.497 e. The van der Waals surface area contributed by atoms with Gasteiger partial charge in [-0.05, 0) is 25.0 Å². The minimum atomic E-state index is -0.286. The number of aromatic nitrogens is 5. The molecule has 10 nitrogen and oxygen atoms in total. The van der Waals surface area contributed by atoms with Crippen LogP contribution >= 0.6 is 34.0 Å². The van der Waals surface area contributed by atoms with Gasteiger partial charge in [-0.25, -0.2) is 19.5 Å². The highest BCUT2D eigenvalue weighted by atomic mass is 32.1. The molecular formula is C29H28N6O4S3. The average Bonchev–Trinajstić information content (AvgIpc) is 3.77. The third-order valence-electron chi connectivity index (χ3n) is 6.67. The van der Waals surface area contributed by atoms with Gasteiger partial charge in [0.2, 0.25) is 4.96 Å². The highest BCUT2D eigenvalue weighted by molar-refractivity contribution is 7.22. The highest BCUT2D eigenvalue weighted by Gasteiger charge is 2.18. The van der Waals surface area contributed by atoms with Gasteiger partial charge in [-0.2, -0.15) is 5.10 Å². The second-order valence-electron chi connectivity index (χ2n) is 9.98. The average molecular weight is 621 g/mol. The first kappa shape index (κ1) is 28.2. The molecule has 0 saturated heterocycles. The van der Waals surface area contributed by atoms with E-state index in [-0.39, 0.29) is 31.1 Å². The van der Waals surface area contributed by atoms with E-state index < -0.39 is 0 Å². The van der Waals surface area contributed by atoms with Crippen molar-refractivity contribution in [3.63, 3.8) is 0 Å². The normalized spacial score (nSPS) is 12.3. The number of hydrogen-bond donors (Lipinski definition) is 2. The number of nitrogens with one attached hydrogen (secondary N) is 1. The summed E-state index contributed by atoms with van der Waals surface area (Å²) in [6.45, 7) is 6.05. The Bertz CT molecular complexity index is 1840. The van der Waals surface area contributed by atoms with Gasteiger partial charge in [0, 0.05) is 28.6 Å². The number of carbonyl (C=O) groups is 1. The van der Waals surface area contributed by atoms with E-state index in [0.29, 0.717) is 17.1 Å². The van der Waals surface area contributed by atoms with Crippen LogP contribution in [0.3, 0.4) is 0 Å². The number of thiazole rings is 2. The van der Waals surface area contributed by atoms with Crippen LogP contribution in [0.2, 0.25) is 0 Å². The highest BCUT2D eigenvalue weighted by Crippen LogP contribution is 2.39. The van der Waals surface area contributed by atoms with Crippen LogP contribution in [-0.2, 0) is 6.61 Å². The molecule has 6 rings (SSSR count). The molecule has 0 saturated carbocycles. The molecule has 0 fully saturated rings. The van der Waals surface area contributed by atoms with Gasteiger partial charge in [0.15, 0.2) is 0 Å². The van der Waals surface area contributed by atoms with Gasteiger partial charge in [-0.15, -0.1) is 22.7 Å². The summed E-state index contributed by atoms with van der Waals surface area (Å²) in [5.74, 6) is 1.24. The van der Waals surface area contributed by atoms with Gasteiger partial charge in [-0.1, -0.05) is 37.3 Å². The van der Waals surface area contributed by atoms with Crippen molar-refractivity contribution < 1.29 is 19.4 Å². The molecule has 42 heavy (non-hydrogen) atoms. The number of methoxy groups -OCH3 is 1. The maximum absolute atomic E-state index is 12.6. The Kier molecular flexibility index (Phi) is 7.90. The quantitative estimate of drug-likeness (QED) is 0.196. The van der Waals surface area contributed by atoms with Crippen molar-refractivity contribution >= 4 is 55.1 Å². The minimum Gasteiger partial charge on any atom is -0.497 e. The van der Waals surface area contributed by atoms with Crippen molar-refractivity contribution in [3.8, 4) is 32.8 Å². The predicted octanol–water partition coefficient (Wildman–Crippen LogP) is 5.83. The number of rotatable bonds is 10. The fourth-order valence-electron chi connectivity index (χ4n) is 4.31. The molecule has 1 atom stereocenters. The van der Waals surface area contributed by atoms with Gasteiger partial charge < -0.3 is 19.9 Å². The summed E-state index contributed by atoms with van der Waals surface area (Å²) >= 11 is 4.56. The number of hydrogen-bond acceptors (Lipinski definition) is 11. The fraction of sp³-hybridized carbons (Fsp3) is 0.276. The molecule has 2 N–H and O–H groups in total. The molecule has 4 heterocycles. The third kappa shape index (κ3) is 5.73. The Morgan fingerprint density at radius 2 is 1.90 bits per heavy atom. The first-order chi connectivity index (χ1) is 20.3. The van der Waals surface area contributed by atoms with E-state index in [1.54, 1.807) is 23.8 Å². The molecule has 0 bridgehead atoms. The van der Waals surface area contributed by atoms with E-state index in [0.717, 1.165) is 47.2 Å². The van der Waals surface area contributed by atoms with Gasteiger partial charge >= 0.3 is 0 Å². The number of carbonyl (C=O) groups excluding carboxylic acids is 1. The molecule has 0 aliphatic rings. The van der Waals surface area contributed by atoms with Crippen molar-refractivity contribution in [2.75, 3.05) is 13.7 Å². The second kappa shape index (κ2) is 11.8. The molecule has 1 amide bonds. The zero-order valence-electron chi connectivity index (χ0n) is 23.3. The maximum atomic E-state index is 12.6. The van der Waals surface area contributed by atoms with Crippen LogP contribution in [0.4, 0.5) is 0 Å². The molecule has 0 radical (unpaired) electrons. The SMILES string of the molecule is COc1cc(OCc2csc(-c3ccc(C(=O)N[C@@H](CO)C(C)C)cc3)n2)c2sc(-c3cn4nc(C)sc4n3)nc2c1. The lowest BCUT2D eigenvalue weighted by Gasteiger charge is -2.19. The number of aliphatic hydroxyl groups excluding tert-OH is 1. The summed E-state index contributed by atoms with van der Waals surface area (Å²) in [5, 5.41) is 21.4. The standard InChI is InChI=1S/C29H28N6O4S3/c1-15(2)23(12-36)31-26(37)17-5-7-18(8-6-17)27-30-19(14-40-27)13-39-24-10-20(38-4)9-21-25(24)42-28(32-21)22-11-35-29(33-22)41-16(3)34-35/h5-11,14-15,23,36H,12-13H2,1-4H3,(H,31,37)/t23-/m0/s1. The predicted molar refractivity (Wildman–Crippen MR) is 166 cm³/mol. The second-order valence-corrected chi connectivity index (χ2v) is 13.0. The van der Waals surface area contributed by atoms with Crippen LogP contribution in [0.25, 0.3) is 36.5 Å². The van der Waals surface area contributed by atoms with Gasteiger partial charge in [0.05, 0.1) is 41.9 Å². The lowest BCUT2D eigenvalue weighted by atomic mass is 10.0. The fourth-order valence-corrected chi connectivity index (χ4v) is 6.81. The van der Waals surface area contributed by atoms with E-state index in [1.165, 1.54) is 34.0 Å². The summed E-state index contributed by atoms with van der Waals surface area (Å²) in [4.78, 5) is 27.7. The number of fused-ring (bicyclic) bond motifs is 2. The first-order valence-corrected chi connectivity index (χ1v) is 15.7. The number of aryl methyl sites for hydroxylation is 1. The number of benzene rings is 2. The number of ether oxygens (including phenoxy) is 2. The Morgan fingerprint density at radius 3 is 2.62 bits per heavy atom. The van der Waals surface area contributed by atoms with Crippen molar-refractivity contribution in [3.05, 3.63) is 64.2 Å². The summed E-state index contributed by atoms with van der Waals surface area (Å²) in [5.41, 5.74) is 3.76.